The van der Waals surface area contributed by atoms with Crippen molar-refractivity contribution in [3.8, 4) is 5.75 Å². The number of thioether (sulfide) groups is 1. The van der Waals surface area contributed by atoms with Gasteiger partial charge in [-0.15, -0.1) is 11.8 Å². The summed E-state index contributed by atoms with van der Waals surface area (Å²) in [6.45, 7) is 4.97. The van der Waals surface area contributed by atoms with Crippen LogP contribution in [0.1, 0.15) is 16.7 Å². The molecule has 6 heteroatoms. The summed E-state index contributed by atoms with van der Waals surface area (Å²) in [7, 11) is 0. The third-order valence-corrected chi connectivity index (χ3v) is 5.22. The van der Waals surface area contributed by atoms with Gasteiger partial charge in [-0.25, -0.2) is 0 Å². The summed E-state index contributed by atoms with van der Waals surface area (Å²) in [6.07, 6.45) is 0. The van der Waals surface area contributed by atoms with Crippen LogP contribution < -0.4 is 10.1 Å². The van der Waals surface area contributed by atoms with Crippen molar-refractivity contribution in [1.29, 1.82) is 0 Å². The Balaban J connectivity index is 1.66. The average molecular weight is 398 g/mol. The SMILES string of the molecule is Cc1ccc(OCCNC(=O)CSCc2c(Cl)cccc2Cl)c(C)c1. The maximum atomic E-state index is 11.9. The fourth-order valence-electron chi connectivity index (χ4n) is 2.28. The summed E-state index contributed by atoms with van der Waals surface area (Å²) in [5, 5.41) is 4.10. The Hall–Kier alpha value is -1.36. The minimum Gasteiger partial charge on any atom is -0.491 e. The van der Waals surface area contributed by atoms with Gasteiger partial charge in [-0.05, 0) is 43.2 Å². The van der Waals surface area contributed by atoms with Crippen LogP contribution in [-0.2, 0) is 10.5 Å². The molecule has 0 unspecified atom stereocenters. The Kier molecular flexibility index (Phi) is 7.94. The van der Waals surface area contributed by atoms with E-state index >= 15 is 0 Å². The number of carbonyl (C=O) groups excluding carboxylic acids is 1. The standard InChI is InChI=1S/C19H21Cl2NO2S/c1-13-6-7-18(14(2)10-13)24-9-8-22-19(23)12-25-11-15-16(20)4-3-5-17(15)21/h3-7,10H,8-9,11-12H2,1-2H3,(H,22,23). The van der Waals surface area contributed by atoms with Crippen molar-refractivity contribution in [3.05, 3.63) is 63.1 Å². The second-order valence-electron chi connectivity index (χ2n) is 5.66. The largest absolute Gasteiger partial charge is 0.491 e. The van der Waals surface area contributed by atoms with E-state index in [1.807, 2.05) is 26.0 Å². The number of hydrogen-bond donors (Lipinski definition) is 1. The summed E-state index contributed by atoms with van der Waals surface area (Å²) in [5.41, 5.74) is 3.16. The zero-order valence-corrected chi connectivity index (χ0v) is 16.6. The van der Waals surface area contributed by atoms with E-state index in [1.165, 1.54) is 17.3 Å². The predicted molar refractivity (Wildman–Crippen MR) is 107 cm³/mol. The Labute approximate surface area is 163 Å². The number of halogens is 2. The minimum atomic E-state index is -0.0302. The molecule has 0 aliphatic carbocycles. The zero-order valence-electron chi connectivity index (χ0n) is 14.3. The van der Waals surface area contributed by atoms with Gasteiger partial charge < -0.3 is 10.1 Å². The lowest BCUT2D eigenvalue weighted by molar-refractivity contribution is -0.118. The van der Waals surface area contributed by atoms with E-state index < -0.39 is 0 Å². The Morgan fingerprint density at radius 2 is 1.88 bits per heavy atom. The van der Waals surface area contributed by atoms with Crippen LogP contribution in [0, 0.1) is 13.8 Å². The molecule has 0 aliphatic rings. The first-order chi connectivity index (χ1) is 12.0. The van der Waals surface area contributed by atoms with Crippen molar-refractivity contribution >= 4 is 40.9 Å². The fraction of sp³-hybridized carbons (Fsp3) is 0.316. The number of ether oxygens (including phenoxy) is 1. The normalized spacial score (nSPS) is 10.6. The van der Waals surface area contributed by atoms with Gasteiger partial charge in [0.25, 0.3) is 0 Å². The van der Waals surface area contributed by atoms with Crippen molar-refractivity contribution in [3.63, 3.8) is 0 Å². The van der Waals surface area contributed by atoms with Crippen molar-refractivity contribution in [2.75, 3.05) is 18.9 Å². The average Bonchev–Trinajstić information content (AvgIpc) is 2.56. The van der Waals surface area contributed by atoms with Crippen LogP contribution in [0.5, 0.6) is 5.75 Å². The molecule has 0 heterocycles. The van der Waals surface area contributed by atoms with E-state index in [1.54, 1.807) is 18.2 Å². The fourth-order valence-corrected chi connectivity index (χ4v) is 3.87. The van der Waals surface area contributed by atoms with Gasteiger partial charge in [-0.1, -0.05) is 47.0 Å². The van der Waals surface area contributed by atoms with Crippen molar-refractivity contribution < 1.29 is 9.53 Å². The van der Waals surface area contributed by atoms with E-state index in [4.69, 9.17) is 27.9 Å². The lowest BCUT2D eigenvalue weighted by Gasteiger charge is -2.11. The van der Waals surface area contributed by atoms with Crippen LogP contribution in [0.2, 0.25) is 10.0 Å². The van der Waals surface area contributed by atoms with Gasteiger partial charge in [0, 0.05) is 15.8 Å². The van der Waals surface area contributed by atoms with Crippen LogP contribution in [0.15, 0.2) is 36.4 Å². The van der Waals surface area contributed by atoms with Gasteiger partial charge in [0.2, 0.25) is 5.91 Å². The molecule has 25 heavy (non-hydrogen) atoms. The highest BCUT2D eigenvalue weighted by atomic mass is 35.5. The highest BCUT2D eigenvalue weighted by Gasteiger charge is 2.07. The molecule has 0 aliphatic heterocycles. The highest BCUT2D eigenvalue weighted by Crippen LogP contribution is 2.28. The Morgan fingerprint density at radius 3 is 2.56 bits per heavy atom. The predicted octanol–water partition coefficient (Wildman–Crippen LogP) is 5.04. The van der Waals surface area contributed by atoms with Crippen LogP contribution in [0.4, 0.5) is 0 Å². The molecule has 0 atom stereocenters. The van der Waals surface area contributed by atoms with E-state index in [0.717, 1.165) is 16.9 Å². The molecule has 0 fully saturated rings. The third-order valence-electron chi connectivity index (χ3n) is 3.55. The molecular formula is C19H21Cl2NO2S. The molecule has 0 saturated heterocycles. The zero-order chi connectivity index (χ0) is 18.2. The molecular weight excluding hydrogens is 377 g/mol. The molecule has 2 aromatic carbocycles. The first-order valence-electron chi connectivity index (χ1n) is 7.94. The topological polar surface area (TPSA) is 38.3 Å². The number of benzene rings is 2. The molecule has 0 aromatic heterocycles. The molecule has 2 rings (SSSR count). The Morgan fingerprint density at radius 1 is 1.16 bits per heavy atom. The first kappa shape index (κ1) is 20.0. The van der Waals surface area contributed by atoms with Gasteiger partial charge in [0.05, 0.1) is 12.3 Å². The molecule has 134 valence electrons. The van der Waals surface area contributed by atoms with Crippen molar-refractivity contribution in [1.82, 2.24) is 5.32 Å². The number of aryl methyl sites for hydroxylation is 2. The molecule has 0 bridgehead atoms. The van der Waals surface area contributed by atoms with Gasteiger partial charge in [0.1, 0.15) is 12.4 Å². The van der Waals surface area contributed by atoms with Gasteiger partial charge in [0.15, 0.2) is 0 Å². The van der Waals surface area contributed by atoms with E-state index in [9.17, 15) is 4.79 Å². The molecule has 0 spiro atoms. The number of carbonyl (C=O) groups is 1. The van der Waals surface area contributed by atoms with Crippen LogP contribution in [0.25, 0.3) is 0 Å². The van der Waals surface area contributed by atoms with Crippen LogP contribution in [0.3, 0.4) is 0 Å². The molecule has 1 N–H and O–H groups in total. The second-order valence-corrected chi connectivity index (χ2v) is 7.46. The second kappa shape index (κ2) is 9.95. The lowest BCUT2D eigenvalue weighted by atomic mass is 10.1. The summed E-state index contributed by atoms with van der Waals surface area (Å²) < 4.78 is 5.69. The molecule has 0 radical (unpaired) electrons. The smallest absolute Gasteiger partial charge is 0.230 e. The maximum absolute atomic E-state index is 11.9. The van der Waals surface area contributed by atoms with E-state index in [0.29, 0.717) is 34.7 Å². The summed E-state index contributed by atoms with van der Waals surface area (Å²) >= 11 is 13.7. The molecule has 2 aromatic rings. The third kappa shape index (κ3) is 6.46. The van der Waals surface area contributed by atoms with Crippen molar-refractivity contribution in [2.24, 2.45) is 0 Å². The van der Waals surface area contributed by atoms with E-state index in [2.05, 4.69) is 11.4 Å². The van der Waals surface area contributed by atoms with Crippen LogP contribution in [-0.4, -0.2) is 24.8 Å². The van der Waals surface area contributed by atoms with Crippen LogP contribution >= 0.6 is 35.0 Å². The van der Waals surface area contributed by atoms with Gasteiger partial charge >= 0.3 is 0 Å². The number of nitrogens with one attached hydrogen (secondary N) is 1. The quantitative estimate of drug-likeness (QED) is 0.634. The summed E-state index contributed by atoms with van der Waals surface area (Å²) in [5.74, 6) is 1.77. The molecule has 0 saturated carbocycles. The number of hydrogen-bond acceptors (Lipinski definition) is 3. The summed E-state index contributed by atoms with van der Waals surface area (Å²) in [4.78, 5) is 11.9. The number of amides is 1. The van der Waals surface area contributed by atoms with Gasteiger partial charge in [-0.2, -0.15) is 0 Å². The Bertz CT molecular complexity index is 717. The maximum Gasteiger partial charge on any atom is 0.230 e. The number of rotatable bonds is 8. The van der Waals surface area contributed by atoms with Crippen molar-refractivity contribution in [2.45, 2.75) is 19.6 Å². The van der Waals surface area contributed by atoms with E-state index in [-0.39, 0.29) is 5.91 Å². The minimum absolute atomic E-state index is 0.0302. The highest BCUT2D eigenvalue weighted by molar-refractivity contribution is 7.99. The monoisotopic (exact) mass is 397 g/mol. The first-order valence-corrected chi connectivity index (χ1v) is 9.86. The van der Waals surface area contributed by atoms with Gasteiger partial charge in [-0.3, -0.25) is 4.79 Å². The molecule has 3 nitrogen and oxygen atoms in total. The lowest BCUT2D eigenvalue weighted by Crippen LogP contribution is -2.29. The summed E-state index contributed by atoms with van der Waals surface area (Å²) in [6, 6.07) is 11.4. The molecule has 1 amide bonds.